The standard InChI is InChI=1S/C20H16N2O3/c1-24-15-7-8-18-16(10-15)17(12-22-18)20(23)14(11-21)9-13-5-3-4-6-19(13)25-2/h3-10,12,22H,1-2H3/b14-9-. The van der Waals surface area contributed by atoms with Crippen LogP contribution in [0.4, 0.5) is 0 Å². The maximum atomic E-state index is 12.9. The molecule has 0 fully saturated rings. The quantitative estimate of drug-likeness (QED) is 0.436. The molecule has 5 nitrogen and oxygen atoms in total. The topological polar surface area (TPSA) is 75.1 Å². The molecular formula is C20H16N2O3. The van der Waals surface area contributed by atoms with Crippen LogP contribution in [0.1, 0.15) is 15.9 Å². The molecule has 0 saturated carbocycles. The van der Waals surface area contributed by atoms with Gasteiger partial charge in [-0.3, -0.25) is 4.79 Å². The Balaban J connectivity index is 2.07. The van der Waals surface area contributed by atoms with E-state index in [4.69, 9.17) is 9.47 Å². The molecule has 2 aromatic carbocycles. The summed E-state index contributed by atoms with van der Waals surface area (Å²) in [4.78, 5) is 15.9. The summed E-state index contributed by atoms with van der Waals surface area (Å²) in [5, 5.41) is 10.2. The molecule has 124 valence electrons. The molecule has 0 aliphatic rings. The first-order valence-corrected chi connectivity index (χ1v) is 7.62. The number of carbonyl (C=O) groups is 1. The lowest BCUT2D eigenvalue weighted by Gasteiger charge is -2.05. The molecule has 1 aromatic heterocycles. The van der Waals surface area contributed by atoms with E-state index >= 15 is 0 Å². The highest BCUT2D eigenvalue weighted by molar-refractivity contribution is 6.20. The normalized spacial score (nSPS) is 11.2. The van der Waals surface area contributed by atoms with E-state index in [0.717, 1.165) is 5.52 Å². The van der Waals surface area contributed by atoms with Crippen molar-refractivity contribution in [3.05, 3.63) is 65.4 Å². The molecule has 0 aliphatic carbocycles. The number of aromatic nitrogens is 1. The first kappa shape index (κ1) is 16.3. The summed E-state index contributed by atoms with van der Waals surface area (Å²) in [6.07, 6.45) is 3.15. The van der Waals surface area contributed by atoms with Crippen LogP contribution in [0.5, 0.6) is 11.5 Å². The zero-order chi connectivity index (χ0) is 17.8. The van der Waals surface area contributed by atoms with Crippen LogP contribution in [-0.2, 0) is 0 Å². The van der Waals surface area contributed by atoms with Gasteiger partial charge >= 0.3 is 0 Å². The molecule has 25 heavy (non-hydrogen) atoms. The van der Waals surface area contributed by atoms with Crippen LogP contribution >= 0.6 is 0 Å². The lowest BCUT2D eigenvalue weighted by Crippen LogP contribution is -2.01. The molecule has 1 N–H and O–H groups in total. The summed E-state index contributed by atoms with van der Waals surface area (Å²) >= 11 is 0. The number of ether oxygens (including phenoxy) is 2. The number of Topliss-reactive ketones (excluding diaryl/α,β-unsaturated/α-hetero) is 1. The van der Waals surface area contributed by atoms with Crippen molar-refractivity contribution in [2.75, 3.05) is 14.2 Å². The largest absolute Gasteiger partial charge is 0.497 e. The summed E-state index contributed by atoms with van der Waals surface area (Å²) in [5.41, 5.74) is 1.94. The van der Waals surface area contributed by atoms with E-state index in [1.807, 2.05) is 30.3 Å². The fourth-order valence-electron chi connectivity index (χ4n) is 2.65. The van der Waals surface area contributed by atoms with E-state index in [9.17, 15) is 10.1 Å². The Morgan fingerprint density at radius 1 is 1.16 bits per heavy atom. The maximum Gasteiger partial charge on any atom is 0.205 e. The molecule has 1 heterocycles. The number of nitrogens with zero attached hydrogens (tertiary/aromatic N) is 1. The Morgan fingerprint density at radius 2 is 1.96 bits per heavy atom. The van der Waals surface area contributed by atoms with Crippen molar-refractivity contribution < 1.29 is 14.3 Å². The number of allylic oxidation sites excluding steroid dienone is 1. The number of nitriles is 1. The molecule has 0 amide bonds. The molecule has 3 rings (SSSR count). The van der Waals surface area contributed by atoms with Crippen molar-refractivity contribution in [3.8, 4) is 17.6 Å². The number of ketones is 1. The highest BCUT2D eigenvalue weighted by Crippen LogP contribution is 2.27. The highest BCUT2D eigenvalue weighted by Gasteiger charge is 2.17. The van der Waals surface area contributed by atoms with Gasteiger partial charge in [0.25, 0.3) is 0 Å². The summed E-state index contributed by atoms with van der Waals surface area (Å²) in [6.45, 7) is 0. The fourth-order valence-corrected chi connectivity index (χ4v) is 2.65. The molecule has 3 aromatic rings. The summed E-state index contributed by atoms with van der Waals surface area (Å²) in [7, 11) is 3.12. The number of benzene rings is 2. The Hall–Kier alpha value is -3.52. The first-order chi connectivity index (χ1) is 12.2. The minimum atomic E-state index is -0.354. The maximum absolute atomic E-state index is 12.9. The molecular weight excluding hydrogens is 316 g/mol. The van der Waals surface area contributed by atoms with E-state index in [1.165, 1.54) is 0 Å². The monoisotopic (exact) mass is 332 g/mol. The van der Waals surface area contributed by atoms with Gasteiger partial charge in [-0.25, -0.2) is 0 Å². The Labute approximate surface area is 145 Å². The minimum absolute atomic E-state index is 0.0354. The Bertz CT molecular complexity index is 1010. The second-order valence-electron chi connectivity index (χ2n) is 5.35. The zero-order valence-electron chi connectivity index (χ0n) is 13.9. The van der Waals surface area contributed by atoms with E-state index in [2.05, 4.69) is 4.98 Å². The third kappa shape index (κ3) is 3.10. The van der Waals surface area contributed by atoms with Crippen LogP contribution in [0.3, 0.4) is 0 Å². The third-order valence-electron chi connectivity index (χ3n) is 3.94. The Morgan fingerprint density at radius 3 is 2.68 bits per heavy atom. The van der Waals surface area contributed by atoms with Gasteiger partial charge in [-0.05, 0) is 30.3 Å². The Kier molecular flexibility index (Phi) is 4.53. The number of methoxy groups -OCH3 is 2. The number of aromatic amines is 1. The van der Waals surface area contributed by atoms with Crippen LogP contribution in [0.2, 0.25) is 0 Å². The van der Waals surface area contributed by atoms with Crippen LogP contribution in [0, 0.1) is 11.3 Å². The van der Waals surface area contributed by atoms with Gasteiger partial charge in [0.15, 0.2) is 0 Å². The van der Waals surface area contributed by atoms with Crippen molar-refractivity contribution in [1.82, 2.24) is 4.98 Å². The number of carbonyl (C=O) groups excluding carboxylic acids is 1. The smallest absolute Gasteiger partial charge is 0.205 e. The third-order valence-corrected chi connectivity index (χ3v) is 3.94. The molecule has 0 radical (unpaired) electrons. The second-order valence-corrected chi connectivity index (χ2v) is 5.35. The van der Waals surface area contributed by atoms with Gasteiger partial charge < -0.3 is 14.5 Å². The molecule has 0 unspecified atom stereocenters. The van der Waals surface area contributed by atoms with Crippen LogP contribution in [0.15, 0.2) is 54.2 Å². The van der Waals surface area contributed by atoms with Crippen LogP contribution < -0.4 is 9.47 Å². The van der Waals surface area contributed by atoms with E-state index in [1.54, 1.807) is 44.7 Å². The molecule has 0 spiro atoms. The predicted molar refractivity (Wildman–Crippen MR) is 95.8 cm³/mol. The lowest BCUT2D eigenvalue weighted by atomic mass is 10.0. The number of nitrogens with one attached hydrogen (secondary N) is 1. The highest BCUT2D eigenvalue weighted by atomic mass is 16.5. The van der Waals surface area contributed by atoms with Crippen molar-refractivity contribution in [2.45, 2.75) is 0 Å². The fraction of sp³-hybridized carbons (Fsp3) is 0.100. The van der Waals surface area contributed by atoms with Crippen molar-refractivity contribution in [2.24, 2.45) is 0 Å². The number of hydrogen-bond acceptors (Lipinski definition) is 4. The number of fused-ring (bicyclic) bond motifs is 1. The molecule has 0 atom stereocenters. The predicted octanol–water partition coefficient (Wildman–Crippen LogP) is 3.97. The van der Waals surface area contributed by atoms with E-state index in [0.29, 0.717) is 28.0 Å². The average Bonchev–Trinajstić information content (AvgIpc) is 3.08. The van der Waals surface area contributed by atoms with E-state index in [-0.39, 0.29) is 11.4 Å². The van der Waals surface area contributed by atoms with Gasteiger partial charge in [0.1, 0.15) is 23.1 Å². The summed E-state index contributed by atoms with van der Waals surface area (Å²) < 4.78 is 10.5. The first-order valence-electron chi connectivity index (χ1n) is 7.62. The number of rotatable bonds is 5. The van der Waals surface area contributed by atoms with Gasteiger partial charge in [-0.2, -0.15) is 5.26 Å². The van der Waals surface area contributed by atoms with Gasteiger partial charge in [0, 0.05) is 28.2 Å². The molecule has 5 heteroatoms. The minimum Gasteiger partial charge on any atom is -0.497 e. The lowest BCUT2D eigenvalue weighted by molar-refractivity contribution is 0.104. The van der Waals surface area contributed by atoms with Crippen molar-refractivity contribution in [3.63, 3.8) is 0 Å². The number of hydrogen-bond donors (Lipinski definition) is 1. The van der Waals surface area contributed by atoms with Gasteiger partial charge in [-0.15, -0.1) is 0 Å². The molecule has 0 bridgehead atoms. The SMILES string of the molecule is COc1ccc2[nH]cc(C(=O)/C(C#N)=C\c3ccccc3OC)c2c1. The van der Waals surface area contributed by atoms with Crippen LogP contribution in [0.25, 0.3) is 17.0 Å². The average molecular weight is 332 g/mol. The molecule has 0 aliphatic heterocycles. The zero-order valence-corrected chi connectivity index (χ0v) is 13.9. The number of H-pyrrole nitrogens is 1. The van der Waals surface area contributed by atoms with E-state index < -0.39 is 0 Å². The second kappa shape index (κ2) is 6.93. The molecule has 0 saturated heterocycles. The van der Waals surface area contributed by atoms with Crippen molar-refractivity contribution in [1.29, 1.82) is 5.26 Å². The van der Waals surface area contributed by atoms with Gasteiger partial charge in [0.2, 0.25) is 5.78 Å². The van der Waals surface area contributed by atoms with Crippen LogP contribution in [-0.4, -0.2) is 25.0 Å². The summed E-state index contributed by atoms with van der Waals surface area (Å²) in [6, 6.07) is 14.6. The van der Waals surface area contributed by atoms with Gasteiger partial charge in [0.05, 0.1) is 14.2 Å². The van der Waals surface area contributed by atoms with Crippen molar-refractivity contribution >= 4 is 22.8 Å². The van der Waals surface area contributed by atoms with Gasteiger partial charge in [-0.1, -0.05) is 18.2 Å². The summed E-state index contributed by atoms with van der Waals surface area (Å²) in [5.74, 6) is 0.893. The number of para-hydroxylation sites is 1.